The molecule has 1 amide bonds. The first kappa shape index (κ1) is 11.3. The lowest BCUT2D eigenvalue weighted by atomic mass is 10.2. The Bertz CT molecular complexity index is 355. The highest BCUT2D eigenvalue weighted by Gasteiger charge is 2.02. The molecule has 0 saturated carbocycles. The first-order valence-electron chi connectivity index (χ1n) is 4.69. The summed E-state index contributed by atoms with van der Waals surface area (Å²) in [5, 5.41) is 5.45. The maximum absolute atomic E-state index is 12.7. The molecule has 0 bridgehead atoms. The van der Waals surface area contributed by atoms with E-state index in [1.165, 1.54) is 18.2 Å². The molecule has 5 heteroatoms. The molecule has 4 nitrogen and oxygen atoms in total. The number of benzene rings is 1. The molecule has 82 valence electrons. The molecule has 0 radical (unpaired) electrons. The summed E-state index contributed by atoms with van der Waals surface area (Å²) in [6.07, 6.45) is 0. The molecule has 0 aliphatic carbocycles. The number of halogens is 1. The zero-order valence-electron chi connectivity index (χ0n) is 8.51. The van der Waals surface area contributed by atoms with Gasteiger partial charge in [-0.1, -0.05) is 0 Å². The van der Waals surface area contributed by atoms with Crippen LogP contribution in [-0.2, 0) is 4.79 Å². The van der Waals surface area contributed by atoms with Gasteiger partial charge < -0.3 is 16.4 Å². The molecule has 15 heavy (non-hydrogen) atoms. The fourth-order valence-electron chi connectivity index (χ4n) is 1.13. The number of rotatable bonds is 4. The van der Waals surface area contributed by atoms with Crippen molar-refractivity contribution in [2.24, 2.45) is 0 Å². The Morgan fingerprint density at radius 1 is 1.53 bits per heavy atom. The lowest BCUT2D eigenvalue weighted by molar-refractivity contribution is -0.119. The summed E-state index contributed by atoms with van der Waals surface area (Å²) in [6, 6.07) is 4.00. The van der Waals surface area contributed by atoms with Crippen LogP contribution >= 0.6 is 0 Å². The molecule has 0 heterocycles. The van der Waals surface area contributed by atoms with Crippen molar-refractivity contribution < 1.29 is 9.18 Å². The van der Waals surface area contributed by atoms with Gasteiger partial charge in [0, 0.05) is 6.54 Å². The molecule has 0 aliphatic rings. The molecular formula is C10H14FN3O. The molecule has 1 aromatic rings. The van der Waals surface area contributed by atoms with E-state index in [4.69, 9.17) is 5.73 Å². The van der Waals surface area contributed by atoms with E-state index in [-0.39, 0.29) is 12.5 Å². The highest BCUT2D eigenvalue weighted by molar-refractivity contribution is 5.82. The highest BCUT2D eigenvalue weighted by atomic mass is 19.1. The van der Waals surface area contributed by atoms with Crippen molar-refractivity contribution in [3.63, 3.8) is 0 Å². The summed E-state index contributed by atoms with van der Waals surface area (Å²) in [7, 11) is 0. The van der Waals surface area contributed by atoms with Crippen molar-refractivity contribution in [3.8, 4) is 0 Å². The molecule has 0 unspecified atom stereocenters. The van der Waals surface area contributed by atoms with Gasteiger partial charge in [-0.2, -0.15) is 0 Å². The maximum atomic E-state index is 12.7. The molecule has 0 aromatic heterocycles. The zero-order valence-corrected chi connectivity index (χ0v) is 8.51. The highest BCUT2D eigenvalue weighted by Crippen LogP contribution is 2.18. The van der Waals surface area contributed by atoms with Crippen molar-refractivity contribution in [1.29, 1.82) is 0 Å². The number of amides is 1. The third kappa shape index (κ3) is 3.46. The molecule has 0 atom stereocenters. The van der Waals surface area contributed by atoms with Crippen LogP contribution in [0.4, 0.5) is 15.8 Å². The Morgan fingerprint density at radius 3 is 2.87 bits per heavy atom. The van der Waals surface area contributed by atoms with Crippen LogP contribution in [0.15, 0.2) is 18.2 Å². The number of hydrogen-bond donors (Lipinski definition) is 3. The average molecular weight is 211 g/mol. The van der Waals surface area contributed by atoms with E-state index in [0.29, 0.717) is 17.9 Å². The van der Waals surface area contributed by atoms with Crippen LogP contribution in [0.1, 0.15) is 6.92 Å². The number of anilines is 2. The summed E-state index contributed by atoms with van der Waals surface area (Å²) < 4.78 is 12.7. The minimum atomic E-state index is -0.393. The van der Waals surface area contributed by atoms with E-state index >= 15 is 0 Å². The van der Waals surface area contributed by atoms with Crippen molar-refractivity contribution in [2.45, 2.75) is 6.92 Å². The summed E-state index contributed by atoms with van der Waals surface area (Å²) >= 11 is 0. The van der Waals surface area contributed by atoms with Crippen LogP contribution in [0.5, 0.6) is 0 Å². The zero-order chi connectivity index (χ0) is 11.3. The van der Waals surface area contributed by atoms with Gasteiger partial charge in [0.25, 0.3) is 0 Å². The van der Waals surface area contributed by atoms with E-state index in [1.54, 1.807) is 0 Å². The van der Waals surface area contributed by atoms with Crippen LogP contribution in [0.3, 0.4) is 0 Å². The molecule has 0 spiro atoms. The molecule has 0 aliphatic heterocycles. The van der Waals surface area contributed by atoms with Crippen molar-refractivity contribution >= 4 is 17.3 Å². The minimum Gasteiger partial charge on any atom is -0.397 e. The second-order valence-corrected chi connectivity index (χ2v) is 3.04. The van der Waals surface area contributed by atoms with E-state index < -0.39 is 5.82 Å². The van der Waals surface area contributed by atoms with Gasteiger partial charge in [-0.05, 0) is 25.1 Å². The van der Waals surface area contributed by atoms with E-state index in [2.05, 4.69) is 10.6 Å². The summed E-state index contributed by atoms with van der Waals surface area (Å²) in [4.78, 5) is 11.1. The Hall–Kier alpha value is -1.78. The molecular weight excluding hydrogens is 197 g/mol. The number of carbonyl (C=O) groups excluding carboxylic acids is 1. The Morgan fingerprint density at radius 2 is 2.27 bits per heavy atom. The maximum Gasteiger partial charge on any atom is 0.239 e. The third-order valence-electron chi connectivity index (χ3n) is 1.83. The number of nitrogen functional groups attached to an aromatic ring is 1. The standard InChI is InChI=1S/C10H14FN3O/c1-2-13-10(15)6-14-9-4-3-7(11)5-8(9)12/h3-5,14H,2,6,12H2,1H3,(H,13,15). The summed E-state index contributed by atoms with van der Waals surface area (Å²) in [5.74, 6) is -0.516. The lowest BCUT2D eigenvalue weighted by Crippen LogP contribution is -2.29. The minimum absolute atomic E-state index is 0.124. The van der Waals surface area contributed by atoms with E-state index in [0.717, 1.165) is 0 Å². The van der Waals surface area contributed by atoms with Gasteiger partial charge in [0.2, 0.25) is 5.91 Å². The SMILES string of the molecule is CCNC(=O)CNc1ccc(F)cc1N. The third-order valence-corrected chi connectivity index (χ3v) is 1.83. The van der Waals surface area contributed by atoms with Crippen LogP contribution < -0.4 is 16.4 Å². The second kappa shape index (κ2) is 5.19. The van der Waals surface area contributed by atoms with Gasteiger partial charge in [-0.15, -0.1) is 0 Å². The van der Waals surface area contributed by atoms with Crippen LogP contribution in [0.25, 0.3) is 0 Å². The van der Waals surface area contributed by atoms with E-state index in [1.807, 2.05) is 6.92 Å². The Kier molecular flexibility index (Phi) is 3.91. The Labute approximate surface area is 87.7 Å². The van der Waals surface area contributed by atoms with Gasteiger partial charge in [0.1, 0.15) is 5.82 Å². The molecule has 4 N–H and O–H groups in total. The van der Waals surface area contributed by atoms with Gasteiger partial charge in [-0.25, -0.2) is 4.39 Å². The number of hydrogen-bond acceptors (Lipinski definition) is 3. The van der Waals surface area contributed by atoms with E-state index in [9.17, 15) is 9.18 Å². The van der Waals surface area contributed by atoms with Gasteiger partial charge in [-0.3, -0.25) is 4.79 Å². The predicted molar refractivity (Wildman–Crippen MR) is 58.0 cm³/mol. The monoisotopic (exact) mass is 211 g/mol. The van der Waals surface area contributed by atoms with Crippen LogP contribution in [0, 0.1) is 5.82 Å². The first-order valence-corrected chi connectivity index (χ1v) is 4.69. The fourth-order valence-corrected chi connectivity index (χ4v) is 1.13. The fraction of sp³-hybridized carbons (Fsp3) is 0.300. The largest absolute Gasteiger partial charge is 0.397 e. The van der Waals surface area contributed by atoms with Crippen molar-refractivity contribution in [3.05, 3.63) is 24.0 Å². The predicted octanol–water partition coefficient (Wildman–Crippen LogP) is 0.956. The molecule has 1 rings (SSSR count). The first-order chi connectivity index (χ1) is 7.13. The van der Waals surface area contributed by atoms with Crippen LogP contribution in [-0.4, -0.2) is 19.0 Å². The summed E-state index contributed by atoms with van der Waals surface area (Å²) in [6.45, 7) is 2.55. The number of nitrogens with two attached hydrogens (primary N) is 1. The normalized spacial score (nSPS) is 9.73. The smallest absolute Gasteiger partial charge is 0.239 e. The molecule has 0 fully saturated rings. The van der Waals surface area contributed by atoms with Gasteiger partial charge in [0.05, 0.1) is 17.9 Å². The van der Waals surface area contributed by atoms with Gasteiger partial charge in [0.15, 0.2) is 0 Å². The topological polar surface area (TPSA) is 67.2 Å². The number of carbonyl (C=O) groups is 1. The molecule has 1 aromatic carbocycles. The second-order valence-electron chi connectivity index (χ2n) is 3.04. The van der Waals surface area contributed by atoms with Crippen molar-refractivity contribution in [1.82, 2.24) is 5.32 Å². The summed E-state index contributed by atoms with van der Waals surface area (Å²) in [5.41, 5.74) is 6.40. The lowest BCUT2D eigenvalue weighted by Gasteiger charge is -2.08. The number of likely N-dealkylation sites (N-methyl/N-ethyl adjacent to an activating group) is 1. The quantitative estimate of drug-likeness (QED) is 0.650. The van der Waals surface area contributed by atoms with Gasteiger partial charge >= 0.3 is 0 Å². The van der Waals surface area contributed by atoms with Crippen molar-refractivity contribution in [2.75, 3.05) is 24.1 Å². The number of nitrogens with one attached hydrogen (secondary N) is 2. The molecule has 0 saturated heterocycles. The van der Waals surface area contributed by atoms with Crippen LogP contribution in [0.2, 0.25) is 0 Å². The Balaban J connectivity index is 2.54. The average Bonchev–Trinajstić information content (AvgIpc) is 2.17.